The molecule has 1 aromatic rings. The summed E-state index contributed by atoms with van der Waals surface area (Å²) in [5.41, 5.74) is 0.313. The number of alkyl halides is 3. The molecule has 0 aromatic carbocycles. The number of hydrogen-bond acceptors (Lipinski definition) is 5. The van der Waals surface area contributed by atoms with Crippen molar-refractivity contribution in [2.24, 2.45) is 0 Å². The first-order valence-electron chi connectivity index (χ1n) is 7.71. The smallest absolute Gasteiger partial charge is 0.422 e. The van der Waals surface area contributed by atoms with Gasteiger partial charge in [0, 0.05) is 37.6 Å². The van der Waals surface area contributed by atoms with Gasteiger partial charge in [0.2, 0.25) is 5.88 Å². The minimum absolute atomic E-state index is 0.0855. The lowest BCUT2D eigenvalue weighted by molar-refractivity contribution is -0.154. The Hall–Kier alpha value is -2.07. The number of ether oxygens (including phenoxy) is 2. The summed E-state index contributed by atoms with van der Waals surface area (Å²) in [6.07, 6.45) is -3.26. The monoisotopic (exact) mass is 362 g/mol. The van der Waals surface area contributed by atoms with E-state index in [0.717, 1.165) is 0 Å². The van der Waals surface area contributed by atoms with Crippen LogP contribution in [-0.2, 0) is 4.74 Å². The van der Waals surface area contributed by atoms with Crippen LogP contribution in [0.5, 0.6) is 5.88 Å². The summed E-state index contributed by atoms with van der Waals surface area (Å²) in [5, 5.41) is 2.64. The Labute approximate surface area is 143 Å². The molecule has 0 saturated carbocycles. The number of halogens is 3. The lowest BCUT2D eigenvalue weighted by atomic mass is 10.2. The maximum atomic E-state index is 12.3. The van der Waals surface area contributed by atoms with Crippen LogP contribution in [0.15, 0.2) is 18.3 Å². The van der Waals surface area contributed by atoms with E-state index < -0.39 is 12.8 Å². The second-order valence-electron chi connectivity index (χ2n) is 5.92. The molecule has 140 valence electrons. The van der Waals surface area contributed by atoms with Crippen molar-refractivity contribution in [2.45, 2.75) is 12.3 Å². The molecule has 1 aliphatic rings. The van der Waals surface area contributed by atoms with Crippen molar-refractivity contribution >= 4 is 11.7 Å². The second kappa shape index (κ2) is 8.34. The van der Waals surface area contributed by atoms with Crippen LogP contribution < -0.4 is 10.1 Å². The Morgan fingerprint density at radius 3 is 2.96 bits per heavy atom. The van der Waals surface area contributed by atoms with Crippen LogP contribution in [0.25, 0.3) is 0 Å². The maximum absolute atomic E-state index is 12.3. The second-order valence-corrected chi connectivity index (χ2v) is 5.92. The number of hydrogen-bond donors (Lipinski definition) is 1. The van der Waals surface area contributed by atoms with Gasteiger partial charge in [-0.2, -0.15) is 13.2 Å². The van der Waals surface area contributed by atoms with Gasteiger partial charge in [-0.15, -0.1) is 0 Å². The molecular weight excluding hydrogens is 341 g/mol. The summed E-state index contributed by atoms with van der Waals surface area (Å²) in [7, 11) is 3.84. The molecule has 2 rings (SSSR count). The minimum atomic E-state index is -4.45. The number of nitrogens with zero attached hydrogens (tertiary/aromatic N) is 3. The van der Waals surface area contributed by atoms with Gasteiger partial charge < -0.3 is 24.6 Å². The summed E-state index contributed by atoms with van der Waals surface area (Å²) >= 11 is 0. The number of anilines is 1. The first-order chi connectivity index (χ1) is 11.7. The maximum Gasteiger partial charge on any atom is 0.422 e. The third kappa shape index (κ3) is 6.75. The van der Waals surface area contributed by atoms with Crippen molar-refractivity contribution in [3.05, 3.63) is 18.3 Å². The van der Waals surface area contributed by atoms with E-state index in [1.54, 1.807) is 4.90 Å². The first-order valence-corrected chi connectivity index (χ1v) is 7.71. The SMILES string of the molecule is CN(C)CC1CN(C(=O)Nc2ccnc(OCC(F)(F)F)c2)CCO1. The number of likely N-dealkylation sites (N-methyl/N-ethyl adjacent to an activating group) is 1. The Bertz CT molecular complexity index is 583. The van der Waals surface area contributed by atoms with Gasteiger partial charge in [-0.05, 0) is 20.2 Å². The number of amides is 2. The molecule has 2 heterocycles. The first kappa shape index (κ1) is 19.3. The predicted octanol–water partition coefficient (Wildman–Crippen LogP) is 1.82. The number of carbonyl (C=O) groups excluding carboxylic acids is 1. The zero-order valence-corrected chi connectivity index (χ0v) is 14.0. The van der Waals surface area contributed by atoms with Crippen molar-refractivity contribution in [2.75, 3.05) is 52.3 Å². The molecule has 1 unspecified atom stereocenters. The topological polar surface area (TPSA) is 66.9 Å². The van der Waals surface area contributed by atoms with E-state index in [4.69, 9.17) is 4.74 Å². The molecule has 1 aliphatic heterocycles. The summed E-state index contributed by atoms with van der Waals surface area (Å²) in [6.45, 7) is 0.564. The third-order valence-corrected chi connectivity index (χ3v) is 3.36. The standard InChI is InChI=1S/C15H21F3N4O3/c1-21(2)8-12-9-22(5-6-24-12)14(23)20-11-3-4-19-13(7-11)25-10-15(16,17)18/h3-4,7,12H,5-6,8-10H2,1-2H3,(H,19,20,23). The predicted molar refractivity (Wildman–Crippen MR) is 84.7 cm³/mol. The number of carbonyl (C=O) groups is 1. The van der Waals surface area contributed by atoms with Gasteiger partial charge >= 0.3 is 12.2 Å². The van der Waals surface area contributed by atoms with Gasteiger partial charge in [-0.25, -0.2) is 9.78 Å². The number of aromatic nitrogens is 1. The summed E-state index contributed by atoms with van der Waals surface area (Å²) in [4.78, 5) is 19.6. The van der Waals surface area contributed by atoms with E-state index in [2.05, 4.69) is 15.0 Å². The molecular formula is C15H21F3N4O3. The highest BCUT2D eigenvalue weighted by Gasteiger charge is 2.29. The van der Waals surface area contributed by atoms with Gasteiger partial charge in [0.05, 0.1) is 12.7 Å². The van der Waals surface area contributed by atoms with Crippen molar-refractivity contribution in [1.29, 1.82) is 0 Å². The minimum Gasteiger partial charge on any atom is -0.468 e. The highest BCUT2D eigenvalue weighted by molar-refractivity contribution is 5.89. The number of rotatable bonds is 5. The quantitative estimate of drug-likeness (QED) is 0.866. The Morgan fingerprint density at radius 1 is 1.52 bits per heavy atom. The van der Waals surface area contributed by atoms with Crippen LogP contribution in [-0.4, -0.2) is 80.0 Å². The number of urea groups is 1. The molecule has 0 radical (unpaired) electrons. The normalized spacial score (nSPS) is 18.3. The molecule has 1 atom stereocenters. The van der Waals surface area contributed by atoms with Crippen molar-refractivity contribution < 1.29 is 27.4 Å². The lowest BCUT2D eigenvalue weighted by Gasteiger charge is -2.34. The molecule has 1 N–H and O–H groups in total. The van der Waals surface area contributed by atoms with Gasteiger partial charge in [-0.3, -0.25) is 0 Å². The molecule has 0 spiro atoms. The fourth-order valence-corrected chi connectivity index (χ4v) is 2.35. The zero-order valence-electron chi connectivity index (χ0n) is 14.0. The number of morpholine rings is 1. The number of pyridine rings is 1. The van der Waals surface area contributed by atoms with E-state index in [0.29, 0.717) is 31.9 Å². The molecule has 0 bridgehead atoms. The van der Waals surface area contributed by atoms with Gasteiger partial charge in [0.25, 0.3) is 0 Å². The van der Waals surface area contributed by atoms with Crippen molar-refractivity contribution in [3.8, 4) is 5.88 Å². The van der Waals surface area contributed by atoms with Crippen LogP contribution in [0.2, 0.25) is 0 Å². The average molecular weight is 362 g/mol. The van der Waals surface area contributed by atoms with Gasteiger partial charge in [0.1, 0.15) is 0 Å². The van der Waals surface area contributed by atoms with Crippen LogP contribution in [0.4, 0.5) is 23.7 Å². The molecule has 25 heavy (non-hydrogen) atoms. The van der Waals surface area contributed by atoms with Crippen LogP contribution in [0.1, 0.15) is 0 Å². The average Bonchev–Trinajstić information content (AvgIpc) is 2.52. The highest BCUT2D eigenvalue weighted by atomic mass is 19.4. The fraction of sp³-hybridized carbons (Fsp3) is 0.600. The van der Waals surface area contributed by atoms with Crippen LogP contribution >= 0.6 is 0 Å². The number of nitrogens with one attached hydrogen (secondary N) is 1. The van der Waals surface area contributed by atoms with E-state index in [9.17, 15) is 18.0 Å². The van der Waals surface area contributed by atoms with Crippen LogP contribution in [0, 0.1) is 0 Å². The zero-order chi connectivity index (χ0) is 18.4. The van der Waals surface area contributed by atoms with E-state index in [1.165, 1.54) is 18.3 Å². The van der Waals surface area contributed by atoms with E-state index >= 15 is 0 Å². The summed E-state index contributed by atoms with van der Waals surface area (Å²) < 4.78 is 46.7. The van der Waals surface area contributed by atoms with Gasteiger partial charge in [0.15, 0.2) is 6.61 Å². The van der Waals surface area contributed by atoms with Crippen molar-refractivity contribution in [3.63, 3.8) is 0 Å². The Morgan fingerprint density at radius 2 is 2.28 bits per heavy atom. The van der Waals surface area contributed by atoms with E-state index in [1.807, 2.05) is 19.0 Å². The molecule has 7 nitrogen and oxygen atoms in total. The molecule has 2 amide bonds. The summed E-state index contributed by atoms with van der Waals surface area (Å²) in [5.74, 6) is -0.206. The largest absolute Gasteiger partial charge is 0.468 e. The lowest BCUT2D eigenvalue weighted by Crippen LogP contribution is -2.50. The Kier molecular flexibility index (Phi) is 6.43. The molecule has 1 aromatic heterocycles. The van der Waals surface area contributed by atoms with E-state index in [-0.39, 0.29) is 18.0 Å². The molecule has 10 heteroatoms. The van der Waals surface area contributed by atoms with Gasteiger partial charge in [-0.1, -0.05) is 0 Å². The highest BCUT2D eigenvalue weighted by Crippen LogP contribution is 2.19. The Balaban J connectivity index is 1.91. The fourth-order valence-electron chi connectivity index (χ4n) is 2.35. The van der Waals surface area contributed by atoms with Crippen LogP contribution in [0.3, 0.4) is 0 Å². The summed E-state index contributed by atoms with van der Waals surface area (Å²) in [6, 6.07) is 2.39. The van der Waals surface area contributed by atoms with Crippen molar-refractivity contribution in [1.82, 2.24) is 14.8 Å². The molecule has 0 aliphatic carbocycles. The molecule has 1 saturated heterocycles. The molecule has 1 fully saturated rings. The third-order valence-electron chi connectivity index (χ3n) is 3.36.